The molecule has 0 atom stereocenters. The summed E-state index contributed by atoms with van der Waals surface area (Å²) in [5, 5.41) is 0. The molecule has 21 heavy (non-hydrogen) atoms. The van der Waals surface area contributed by atoms with Crippen LogP contribution in [0.15, 0.2) is 87.0 Å². The van der Waals surface area contributed by atoms with Crippen molar-refractivity contribution in [2.75, 3.05) is 0 Å². The van der Waals surface area contributed by atoms with Gasteiger partial charge in [0, 0.05) is 0 Å². The lowest BCUT2D eigenvalue weighted by molar-refractivity contribution is 0.256. The van der Waals surface area contributed by atoms with Gasteiger partial charge in [-0.15, -0.1) is 26.3 Å². The van der Waals surface area contributed by atoms with Crippen molar-refractivity contribution in [2.24, 2.45) is 11.5 Å². The van der Waals surface area contributed by atoms with Crippen LogP contribution < -0.4 is 11.5 Å². The second-order valence-electron chi connectivity index (χ2n) is 3.13. The van der Waals surface area contributed by atoms with Crippen LogP contribution in [-0.2, 0) is 0 Å². The monoisotopic (exact) mass is 286 g/mol. The van der Waals surface area contributed by atoms with E-state index in [4.69, 9.17) is 4.79 Å². The number of hydrogen-bond acceptors (Lipinski definition) is 1. The molecule has 0 unspecified atom stereocenters. The van der Waals surface area contributed by atoms with Crippen molar-refractivity contribution >= 4 is 6.03 Å². The Balaban J connectivity index is -0.000000311. The van der Waals surface area contributed by atoms with E-state index in [-0.39, 0.29) is 7.43 Å². The van der Waals surface area contributed by atoms with Gasteiger partial charge in [0.05, 0.1) is 0 Å². The number of carbonyl (C=O) groups is 1. The van der Waals surface area contributed by atoms with Gasteiger partial charge in [-0.05, 0) is 11.1 Å². The SMILES string of the molecule is C.C=C.C=C.NC(N)=O.c1ccc(-c2ccccc2)cc1. The smallest absolute Gasteiger partial charge is 0.309 e. The van der Waals surface area contributed by atoms with Gasteiger partial charge in [-0.25, -0.2) is 4.79 Å². The van der Waals surface area contributed by atoms with Gasteiger partial charge in [-0.3, -0.25) is 0 Å². The molecule has 0 radical (unpaired) electrons. The van der Waals surface area contributed by atoms with Crippen LogP contribution in [0.1, 0.15) is 7.43 Å². The van der Waals surface area contributed by atoms with Crippen LogP contribution >= 0.6 is 0 Å². The third kappa shape index (κ3) is 13.4. The predicted octanol–water partition coefficient (Wildman–Crippen LogP) is 4.62. The maximum Gasteiger partial charge on any atom is 0.309 e. The predicted molar refractivity (Wildman–Crippen MR) is 94.9 cm³/mol. The quantitative estimate of drug-likeness (QED) is 0.738. The molecule has 2 aromatic rings. The van der Waals surface area contributed by atoms with Crippen LogP contribution in [-0.4, -0.2) is 6.03 Å². The Morgan fingerprint density at radius 1 is 0.667 bits per heavy atom. The van der Waals surface area contributed by atoms with E-state index in [2.05, 4.69) is 86.3 Å². The molecule has 114 valence electrons. The van der Waals surface area contributed by atoms with Crippen LogP contribution in [0.25, 0.3) is 11.1 Å². The minimum atomic E-state index is -0.833. The third-order valence-electron chi connectivity index (χ3n) is 1.88. The Morgan fingerprint density at radius 2 is 0.857 bits per heavy atom. The van der Waals surface area contributed by atoms with Crippen molar-refractivity contribution in [3.63, 3.8) is 0 Å². The van der Waals surface area contributed by atoms with Gasteiger partial charge < -0.3 is 11.5 Å². The molecule has 2 rings (SSSR count). The molecular weight excluding hydrogens is 260 g/mol. The zero-order valence-corrected chi connectivity index (χ0v) is 11.7. The van der Waals surface area contributed by atoms with E-state index >= 15 is 0 Å². The normalized spacial score (nSPS) is 7.05. The molecule has 2 amide bonds. The van der Waals surface area contributed by atoms with E-state index in [0.29, 0.717) is 0 Å². The third-order valence-corrected chi connectivity index (χ3v) is 1.88. The molecule has 0 aliphatic rings. The first kappa shape index (κ1) is 23.3. The van der Waals surface area contributed by atoms with Crippen LogP contribution in [0.5, 0.6) is 0 Å². The zero-order chi connectivity index (χ0) is 15.8. The Labute approximate surface area is 128 Å². The fourth-order valence-electron chi connectivity index (χ4n) is 1.26. The summed E-state index contributed by atoms with van der Waals surface area (Å²) in [7, 11) is 0. The first-order valence-corrected chi connectivity index (χ1v) is 5.85. The zero-order valence-electron chi connectivity index (χ0n) is 11.7. The lowest BCUT2D eigenvalue weighted by Crippen LogP contribution is -2.18. The molecule has 0 aliphatic heterocycles. The Kier molecular flexibility index (Phi) is 19.1. The van der Waals surface area contributed by atoms with Gasteiger partial charge in [0.15, 0.2) is 0 Å². The molecule has 0 fully saturated rings. The summed E-state index contributed by atoms with van der Waals surface area (Å²) >= 11 is 0. The van der Waals surface area contributed by atoms with E-state index in [1.54, 1.807) is 0 Å². The lowest BCUT2D eigenvalue weighted by atomic mass is 10.1. The Bertz CT molecular complexity index is 412. The molecular formula is C18H26N2O. The Morgan fingerprint density at radius 3 is 1.05 bits per heavy atom. The second-order valence-corrected chi connectivity index (χ2v) is 3.13. The molecule has 0 bridgehead atoms. The van der Waals surface area contributed by atoms with Crippen molar-refractivity contribution in [1.29, 1.82) is 0 Å². The molecule has 0 saturated carbocycles. The van der Waals surface area contributed by atoms with Crippen molar-refractivity contribution in [2.45, 2.75) is 7.43 Å². The largest absolute Gasteiger partial charge is 0.352 e. The minimum absolute atomic E-state index is 0. The highest BCUT2D eigenvalue weighted by Crippen LogP contribution is 2.17. The van der Waals surface area contributed by atoms with E-state index in [1.165, 1.54) is 11.1 Å². The summed E-state index contributed by atoms with van der Waals surface area (Å²) in [5.41, 5.74) is 11.1. The molecule has 0 aromatic heterocycles. The van der Waals surface area contributed by atoms with Crippen molar-refractivity contribution in [3.05, 3.63) is 87.0 Å². The molecule has 2 aromatic carbocycles. The summed E-state index contributed by atoms with van der Waals surface area (Å²) < 4.78 is 0. The molecule has 3 nitrogen and oxygen atoms in total. The van der Waals surface area contributed by atoms with Crippen LogP contribution in [0, 0.1) is 0 Å². The highest BCUT2D eigenvalue weighted by Gasteiger charge is 1.91. The molecule has 3 heteroatoms. The number of benzene rings is 2. The van der Waals surface area contributed by atoms with Crippen molar-refractivity contribution in [3.8, 4) is 11.1 Å². The number of carbonyl (C=O) groups excluding carboxylic acids is 1. The van der Waals surface area contributed by atoms with Gasteiger partial charge in [0.25, 0.3) is 0 Å². The van der Waals surface area contributed by atoms with Gasteiger partial charge in [0.2, 0.25) is 0 Å². The summed E-state index contributed by atoms with van der Waals surface area (Å²) in [6, 6.07) is 19.9. The van der Waals surface area contributed by atoms with Crippen molar-refractivity contribution < 1.29 is 4.79 Å². The first-order valence-electron chi connectivity index (χ1n) is 5.85. The average Bonchev–Trinajstić information content (AvgIpc) is 2.52. The van der Waals surface area contributed by atoms with Gasteiger partial charge in [0.1, 0.15) is 0 Å². The maximum atomic E-state index is 9.00. The van der Waals surface area contributed by atoms with E-state index < -0.39 is 6.03 Å². The van der Waals surface area contributed by atoms with Crippen molar-refractivity contribution in [1.82, 2.24) is 0 Å². The number of hydrogen-bond donors (Lipinski definition) is 2. The number of nitrogens with two attached hydrogens (primary N) is 2. The number of rotatable bonds is 1. The highest BCUT2D eigenvalue weighted by atomic mass is 16.2. The summed E-state index contributed by atoms with van der Waals surface area (Å²) in [6.07, 6.45) is 0. The van der Waals surface area contributed by atoms with E-state index in [9.17, 15) is 0 Å². The standard InChI is InChI=1S/C12H10.2C2H4.CH4N2O.CH4/c1-3-7-11(8-4-1)12-9-5-2-6-10-12;2*1-2;2-1(3)4;/h1-10H;2*1-2H2;(H4,2,3,4);1H4. The van der Waals surface area contributed by atoms with Gasteiger partial charge in [-0.1, -0.05) is 68.1 Å². The summed E-state index contributed by atoms with van der Waals surface area (Å²) in [6.45, 7) is 12.0. The van der Waals surface area contributed by atoms with Crippen LogP contribution in [0.2, 0.25) is 0 Å². The summed E-state index contributed by atoms with van der Waals surface area (Å²) in [4.78, 5) is 9.00. The highest BCUT2D eigenvalue weighted by molar-refractivity contribution is 5.69. The average molecular weight is 286 g/mol. The first-order chi connectivity index (χ1) is 9.70. The Hall–Kier alpha value is -2.81. The molecule has 0 spiro atoms. The van der Waals surface area contributed by atoms with Gasteiger partial charge in [-0.2, -0.15) is 0 Å². The molecule has 0 saturated heterocycles. The van der Waals surface area contributed by atoms with Crippen LogP contribution in [0.3, 0.4) is 0 Å². The maximum absolute atomic E-state index is 9.00. The molecule has 0 aliphatic carbocycles. The molecule has 4 N–H and O–H groups in total. The number of amides is 2. The lowest BCUT2D eigenvalue weighted by Gasteiger charge is -1.98. The number of urea groups is 1. The number of primary amides is 2. The second kappa shape index (κ2) is 17.2. The minimum Gasteiger partial charge on any atom is -0.352 e. The fraction of sp³-hybridized carbons (Fsp3) is 0.0556. The van der Waals surface area contributed by atoms with Crippen LogP contribution in [0.4, 0.5) is 4.79 Å². The van der Waals surface area contributed by atoms with E-state index in [1.807, 2.05) is 12.1 Å². The topological polar surface area (TPSA) is 69.1 Å². The van der Waals surface area contributed by atoms with Gasteiger partial charge >= 0.3 is 6.03 Å². The summed E-state index contributed by atoms with van der Waals surface area (Å²) in [5.74, 6) is 0. The fourth-order valence-corrected chi connectivity index (χ4v) is 1.26. The molecule has 0 heterocycles. The van der Waals surface area contributed by atoms with E-state index in [0.717, 1.165) is 0 Å².